The molecule has 104 valence electrons. The van der Waals surface area contributed by atoms with E-state index in [0.29, 0.717) is 18.7 Å². The molecule has 0 bridgehead atoms. The van der Waals surface area contributed by atoms with Crippen LogP contribution in [0.1, 0.15) is 18.6 Å². The Balaban J connectivity index is 1.96. The minimum absolute atomic E-state index is 0.0924. The van der Waals surface area contributed by atoms with E-state index >= 15 is 0 Å². The van der Waals surface area contributed by atoms with Crippen LogP contribution in [-0.4, -0.2) is 30.1 Å². The Bertz CT molecular complexity index is 451. The van der Waals surface area contributed by atoms with E-state index in [1.807, 2.05) is 0 Å². The van der Waals surface area contributed by atoms with Crippen LogP contribution in [0, 0.1) is 5.92 Å². The largest absolute Gasteiger partial charge is 0.465 e. The van der Waals surface area contributed by atoms with Gasteiger partial charge in [-0.1, -0.05) is 0 Å². The second-order valence-electron chi connectivity index (χ2n) is 4.51. The highest BCUT2D eigenvalue weighted by atomic mass is 19.4. The lowest BCUT2D eigenvalue weighted by Gasteiger charge is -2.33. The van der Waals surface area contributed by atoms with Crippen molar-refractivity contribution in [1.82, 2.24) is 4.90 Å². The van der Waals surface area contributed by atoms with Crippen LogP contribution in [0.4, 0.5) is 13.2 Å². The van der Waals surface area contributed by atoms with E-state index < -0.39 is 18.0 Å². The molecule has 0 aliphatic carbocycles. The topological polar surface area (TPSA) is 33.5 Å². The number of rotatable bonds is 2. The third kappa shape index (κ3) is 3.62. The molecule has 6 heteroatoms. The lowest BCUT2D eigenvalue weighted by molar-refractivity contribution is -0.187. The van der Waals surface area contributed by atoms with Crippen LogP contribution < -0.4 is 0 Å². The van der Waals surface area contributed by atoms with Gasteiger partial charge >= 0.3 is 6.18 Å². The highest BCUT2D eigenvalue weighted by Gasteiger charge is 2.42. The van der Waals surface area contributed by atoms with Gasteiger partial charge in [0.1, 0.15) is 5.76 Å². The minimum Gasteiger partial charge on any atom is -0.465 e. The van der Waals surface area contributed by atoms with Crippen molar-refractivity contribution in [1.29, 1.82) is 0 Å². The zero-order valence-corrected chi connectivity index (χ0v) is 10.2. The lowest BCUT2D eigenvalue weighted by Crippen LogP contribution is -2.44. The molecule has 0 saturated carbocycles. The summed E-state index contributed by atoms with van der Waals surface area (Å²) in [6.45, 7) is 0.110. The number of piperidine rings is 1. The van der Waals surface area contributed by atoms with Crippen molar-refractivity contribution in [3.8, 4) is 0 Å². The molecule has 2 rings (SSSR count). The van der Waals surface area contributed by atoms with Crippen LogP contribution in [0.2, 0.25) is 0 Å². The van der Waals surface area contributed by atoms with E-state index in [0.717, 1.165) is 0 Å². The average Bonchev–Trinajstić information content (AvgIpc) is 2.88. The molecule has 1 aliphatic heterocycles. The fraction of sp³-hybridized carbons (Fsp3) is 0.462. The summed E-state index contributed by atoms with van der Waals surface area (Å²) < 4.78 is 42.9. The Morgan fingerprint density at radius 2 is 2.26 bits per heavy atom. The number of alkyl halides is 3. The highest BCUT2D eigenvalue weighted by Crippen LogP contribution is 2.33. The quantitative estimate of drug-likeness (QED) is 0.776. The molecule has 1 amide bonds. The average molecular weight is 273 g/mol. The first kappa shape index (κ1) is 13.7. The van der Waals surface area contributed by atoms with Gasteiger partial charge in [-0.05, 0) is 31.1 Å². The Morgan fingerprint density at radius 1 is 1.47 bits per heavy atom. The molecule has 1 aromatic rings. The van der Waals surface area contributed by atoms with E-state index in [2.05, 4.69) is 0 Å². The monoisotopic (exact) mass is 273 g/mol. The number of hydrogen-bond donors (Lipinski definition) is 0. The van der Waals surface area contributed by atoms with Crippen molar-refractivity contribution in [2.24, 2.45) is 5.92 Å². The third-order valence-electron chi connectivity index (χ3n) is 3.13. The Morgan fingerprint density at radius 3 is 2.89 bits per heavy atom. The van der Waals surface area contributed by atoms with Crippen molar-refractivity contribution < 1.29 is 22.4 Å². The van der Waals surface area contributed by atoms with E-state index in [-0.39, 0.29) is 13.0 Å². The molecule has 0 N–H and O–H groups in total. The van der Waals surface area contributed by atoms with Gasteiger partial charge in [-0.25, -0.2) is 0 Å². The van der Waals surface area contributed by atoms with Gasteiger partial charge in [-0.15, -0.1) is 0 Å². The summed E-state index contributed by atoms with van der Waals surface area (Å²) in [7, 11) is 0. The first-order valence-electron chi connectivity index (χ1n) is 6.04. The van der Waals surface area contributed by atoms with Crippen molar-refractivity contribution in [2.75, 3.05) is 13.1 Å². The fourth-order valence-corrected chi connectivity index (χ4v) is 2.09. The molecule has 0 unspecified atom stereocenters. The molecule has 1 atom stereocenters. The maximum absolute atomic E-state index is 12.6. The van der Waals surface area contributed by atoms with Crippen LogP contribution in [0.3, 0.4) is 0 Å². The predicted octanol–water partition coefficient (Wildman–Crippen LogP) is 3.09. The van der Waals surface area contributed by atoms with E-state index in [1.165, 1.54) is 23.3 Å². The van der Waals surface area contributed by atoms with Gasteiger partial charge in [0, 0.05) is 19.2 Å². The second kappa shape index (κ2) is 5.50. The number of halogens is 3. The van der Waals surface area contributed by atoms with Crippen molar-refractivity contribution in [2.45, 2.75) is 19.0 Å². The maximum Gasteiger partial charge on any atom is 0.393 e. The third-order valence-corrected chi connectivity index (χ3v) is 3.13. The summed E-state index contributed by atoms with van der Waals surface area (Å²) in [5.74, 6) is -1.33. The molecular weight excluding hydrogens is 259 g/mol. The number of carbonyl (C=O) groups is 1. The first-order chi connectivity index (χ1) is 8.97. The second-order valence-corrected chi connectivity index (χ2v) is 4.51. The van der Waals surface area contributed by atoms with Gasteiger partial charge in [-0.2, -0.15) is 13.2 Å². The predicted molar refractivity (Wildman–Crippen MR) is 63.1 cm³/mol. The summed E-state index contributed by atoms with van der Waals surface area (Å²) in [5, 5.41) is 0. The van der Waals surface area contributed by atoms with E-state index in [1.54, 1.807) is 12.1 Å². The van der Waals surface area contributed by atoms with Gasteiger partial charge in [0.15, 0.2) is 0 Å². The zero-order chi connectivity index (χ0) is 13.9. The van der Waals surface area contributed by atoms with Crippen molar-refractivity contribution >= 4 is 12.0 Å². The standard InChI is InChI=1S/C13H14F3NO2/c14-13(15,16)10-3-1-7-17(9-10)12(18)6-5-11-4-2-8-19-11/h2,4-6,8,10H,1,3,7,9H2/b6-5+/t10-/m0/s1. The van der Waals surface area contributed by atoms with Crippen LogP contribution >= 0.6 is 0 Å². The summed E-state index contributed by atoms with van der Waals surface area (Å²) in [5.41, 5.74) is 0. The summed E-state index contributed by atoms with van der Waals surface area (Å²) >= 11 is 0. The number of amides is 1. The maximum atomic E-state index is 12.6. The Kier molecular flexibility index (Phi) is 3.97. The molecule has 0 radical (unpaired) electrons. The molecule has 0 spiro atoms. The normalized spacial score (nSPS) is 21.0. The van der Waals surface area contributed by atoms with Crippen molar-refractivity contribution in [3.63, 3.8) is 0 Å². The summed E-state index contributed by atoms with van der Waals surface area (Å²) in [4.78, 5) is 13.0. The molecular formula is C13H14F3NO2. The van der Waals surface area contributed by atoms with E-state index in [4.69, 9.17) is 4.42 Å². The molecule has 3 nitrogen and oxygen atoms in total. The highest BCUT2D eigenvalue weighted by molar-refractivity contribution is 5.91. The first-order valence-corrected chi connectivity index (χ1v) is 6.04. The van der Waals surface area contributed by atoms with Crippen LogP contribution in [-0.2, 0) is 4.79 Å². The number of hydrogen-bond acceptors (Lipinski definition) is 2. The van der Waals surface area contributed by atoms with Crippen LogP contribution in [0.25, 0.3) is 6.08 Å². The van der Waals surface area contributed by atoms with Crippen LogP contribution in [0.15, 0.2) is 28.9 Å². The van der Waals surface area contributed by atoms with Gasteiger partial charge in [0.25, 0.3) is 0 Å². The molecule has 1 aromatic heterocycles. The molecule has 0 aromatic carbocycles. The molecule has 1 saturated heterocycles. The molecule has 2 heterocycles. The summed E-state index contributed by atoms with van der Waals surface area (Å²) in [6.07, 6.45) is 0.408. The molecule has 1 fully saturated rings. The number of furan rings is 1. The fourth-order valence-electron chi connectivity index (χ4n) is 2.09. The number of likely N-dealkylation sites (tertiary alicyclic amines) is 1. The zero-order valence-electron chi connectivity index (χ0n) is 10.2. The van der Waals surface area contributed by atoms with Gasteiger partial charge in [0.05, 0.1) is 12.2 Å². The lowest BCUT2D eigenvalue weighted by atomic mass is 9.97. The van der Waals surface area contributed by atoms with Gasteiger partial charge < -0.3 is 9.32 Å². The number of nitrogens with zero attached hydrogens (tertiary/aromatic N) is 1. The number of carbonyl (C=O) groups excluding carboxylic acids is 1. The SMILES string of the molecule is O=C(/C=C/c1ccco1)N1CCC[C@H](C(F)(F)F)C1. The smallest absolute Gasteiger partial charge is 0.393 e. The summed E-state index contributed by atoms with van der Waals surface area (Å²) in [6, 6.07) is 3.34. The van der Waals surface area contributed by atoms with Crippen molar-refractivity contribution in [3.05, 3.63) is 30.2 Å². The Labute approximate surface area is 108 Å². The van der Waals surface area contributed by atoms with Crippen LogP contribution in [0.5, 0.6) is 0 Å². The minimum atomic E-state index is -4.23. The molecule has 1 aliphatic rings. The van der Waals surface area contributed by atoms with Gasteiger partial charge in [-0.3, -0.25) is 4.79 Å². The Hall–Kier alpha value is -1.72. The molecule has 19 heavy (non-hydrogen) atoms. The van der Waals surface area contributed by atoms with E-state index in [9.17, 15) is 18.0 Å². The van der Waals surface area contributed by atoms with Gasteiger partial charge in [0.2, 0.25) is 5.91 Å².